The fourth-order valence-electron chi connectivity index (χ4n) is 1.63. The van der Waals surface area contributed by atoms with Crippen molar-refractivity contribution in [1.82, 2.24) is 9.55 Å². The van der Waals surface area contributed by atoms with Crippen molar-refractivity contribution in [3.05, 3.63) is 66.4 Å². The molecule has 2 rings (SSSR count). The molecule has 0 saturated carbocycles. The first kappa shape index (κ1) is 12.9. The molecule has 6 heteroatoms. The molecule has 4 nitrogen and oxygen atoms in total. The Morgan fingerprint density at radius 1 is 1.22 bits per heavy atom. The predicted molar refractivity (Wildman–Crippen MR) is 71.6 cm³/mol. The van der Waals surface area contributed by atoms with Crippen LogP contribution in [0.1, 0.15) is 11.1 Å². The SMILES string of the molecule is Cn1c(=O)[nH]c(Cl)c(Cc2ccccc2Cl)c1=O. The normalized spacial score (nSPS) is 10.6. The lowest BCUT2D eigenvalue weighted by molar-refractivity contribution is 0.758. The molecule has 0 bridgehead atoms. The van der Waals surface area contributed by atoms with E-state index in [1.54, 1.807) is 12.1 Å². The van der Waals surface area contributed by atoms with Crippen molar-refractivity contribution < 1.29 is 0 Å². The van der Waals surface area contributed by atoms with E-state index in [4.69, 9.17) is 23.2 Å². The first-order valence-electron chi connectivity index (χ1n) is 5.22. The number of aromatic amines is 1. The summed E-state index contributed by atoms with van der Waals surface area (Å²) in [7, 11) is 1.40. The number of hydrogen-bond donors (Lipinski definition) is 1. The van der Waals surface area contributed by atoms with Crippen molar-refractivity contribution in [2.24, 2.45) is 7.05 Å². The monoisotopic (exact) mass is 284 g/mol. The van der Waals surface area contributed by atoms with Crippen molar-refractivity contribution in [3.8, 4) is 0 Å². The van der Waals surface area contributed by atoms with Crippen molar-refractivity contribution in [1.29, 1.82) is 0 Å². The topological polar surface area (TPSA) is 54.9 Å². The van der Waals surface area contributed by atoms with Gasteiger partial charge in [0.25, 0.3) is 5.56 Å². The molecule has 0 radical (unpaired) electrons. The summed E-state index contributed by atoms with van der Waals surface area (Å²) in [5, 5.41) is 0.616. The number of halogens is 2. The van der Waals surface area contributed by atoms with Gasteiger partial charge in [-0.3, -0.25) is 14.3 Å². The number of rotatable bonds is 2. The minimum Gasteiger partial charge on any atom is -0.297 e. The molecule has 1 N–H and O–H groups in total. The Kier molecular flexibility index (Phi) is 3.59. The van der Waals surface area contributed by atoms with Gasteiger partial charge < -0.3 is 0 Å². The van der Waals surface area contributed by atoms with Crippen molar-refractivity contribution in [2.75, 3.05) is 0 Å². The predicted octanol–water partition coefficient (Wildman–Crippen LogP) is 1.97. The van der Waals surface area contributed by atoms with Crippen LogP contribution in [-0.2, 0) is 13.5 Å². The highest BCUT2D eigenvalue weighted by atomic mass is 35.5. The summed E-state index contributed by atoms with van der Waals surface area (Å²) in [6, 6.07) is 7.17. The molecule has 0 aliphatic carbocycles. The lowest BCUT2D eigenvalue weighted by Gasteiger charge is -2.07. The Morgan fingerprint density at radius 2 is 1.89 bits per heavy atom. The standard InChI is InChI=1S/C12H10Cl2N2O2/c1-16-11(17)8(10(14)15-12(16)18)6-7-4-2-3-5-9(7)13/h2-5H,6H2,1H3,(H,15,18). The Bertz CT molecular complexity index is 704. The van der Waals surface area contributed by atoms with E-state index in [1.165, 1.54) is 7.05 Å². The molecule has 0 fully saturated rings. The average molecular weight is 285 g/mol. The summed E-state index contributed by atoms with van der Waals surface area (Å²) < 4.78 is 0.984. The summed E-state index contributed by atoms with van der Waals surface area (Å²) in [5.41, 5.74) is 0.161. The van der Waals surface area contributed by atoms with Gasteiger partial charge in [0, 0.05) is 18.5 Å². The third-order valence-electron chi connectivity index (χ3n) is 2.67. The van der Waals surface area contributed by atoms with Crippen LogP contribution in [0.5, 0.6) is 0 Å². The molecule has 1 aromatic heterocycles. The fraction of sp³-hybridized carbons (Fsp3) is 0.167. The maximum atomic E-state index is 11.9. The van der Waals surface area contributed by atoms with E-state index >= 15 is 0 Å². The van der Waals surface area contributed by atoms with Crippen LogP contribution in [0.4, 0.5) is 0 Å². The molecule has 94 valence electrons. The summed E-state index contributed by atoms with van der Waals surface area (Å²) in [6.07, 6.45) is 0.280. The Morgan fingerprint density at radius 3 is 2.56 bits per heavy atom. The number of aromatic nitrogens is 2. The highest BCUT2D eigenvalue weighted by Crippen LogP contribution is 2.19. The highest BCUT2D eigenvalue weighted by molar-refractivity contribution is 6.31. The van der Waals surface area contributed by atoms with E-state index in [0.717, 1.165) is 10.1 Å². The minimum absolute atomic E-state index is 0.0584. The molecule has 1 heterocycles. The van der Waals surface area contributed by atoms with Crippen LogP contribution in [0.2, 0.25) is 10.2 Å². The molecule has 0 saturated heterocycles. The van der Waals surface area contributed by atoms with Crippen LogP contribution in [0.25, 0.3) is 0 Å². The van der Waals surface area contributed by atoms with Crippen LogP contribution in [0.3, 0.4) is 0 Å². The van der Waals surface area contributed by atoms with Gasteiger partial charge in [-0.2, -0.15) is 0 Å². The van der Waals surface area contributed by atoms with E-state index in [2.05, 4.69) is 4.98 Å². The van der Waals surface area contributed by atoms with E-state index < -0.39 is 11.2 Å². The van der Waals surface area contributed by atoms with Gasteiger partial charge in [0.05, 0.1) is 5.56 Å². The minimum atomic E-state index is -0.534. The number of hydrogen-bond acceptors (Lipinski definition) is 2. The Hall–Kier alpha value is -1.52. The zero-order chi connectivity index (χ0) is 13.3. The molecular formula is C12H10Cl2N2O2. The van der Waals surface area contributed by atoms with Gasteiger partial charge in [0.2, 0.25) is 0 Å². The lowest BCUT2D eigenvalue weighted by Crippen LogP contribution is -2.35. The summed E-state index contributed by atoms with van der Waals surface area (Å²) in [6.45, 7) is 0. The third kappa shape index (κ3) is 2.35. The first-order chi connectivity index (χ1) is 8.50. The van der Waals surface area contributed by atoms with E-state index in [1.807, 2.05) is 12.1 Å². The number of benzene rings is 1. The molecule has 0 aliphatic heterocycles. The van der Waals surface area contributed by atoms with Crippen LogP contribution in [0.15, 0.2) is 33.9 Å². The second-order valence-corrected chi connectivity index (χ2v) is 4.64. The molecule has 0 spiro atoms. The third-order valence-corrected chi connectivity index (χ3v) is 3.37. The van der Waals surface area contributed by atoms with Gasteiger partial charge in [-0.15, -0.1) is 0 Å². The van der Waals surface area contributed by atoms with Crippen molar-refractivity contribution >= 4 is 23.2 Å². The van der Waals surface area contributed by atoms with Gasteiger partial charge in [0.1, 0.15) is 5.15 Å². The van der Waals surface area contributed by atoms with Gasteiger partial charge in [0.15, 0.2) is 0 Å². The maximum Gasteiger partial charge on any atom is 0.329 e. The fourth-order valence-corrected chi connectivity index (χ4v) is 2.06. The smallest absolute Gasteiger partial charge is 0.297 e. The highest BCUT2D eigenvalue weighted by Gasteiger charge is 2.12. The quantitative estimate of drug-likeness (QED) is 0.858. The molecule has 0 aliphatic rings. The summed E-state index contributed by atoms with van der Waals surface area (Å²) >= 11 is 11.9. The molecule has 18 heavy (non-hydrogen) atoms. The van der Waals surface area contributed by atoms with E-state index in [-0.39, 0.29) is 11.6 Å². The Labute approximate surface area is 113 Å². The molecule has 2 aromatic rings. The number of nitrogens with zero attached hydrogens (tertiary/aromatic N) is 1. The van der Waals surface area contributed by atoms with Crippen LogP contribution in [-0.4, -0.2) is 9.55 Å². The first-order valence-corrected chi connectivity index (χ1v) is 5.97. The largest absolute Gasteiger partial charge is 0.329 e. The van der Waals surface area contributed by atoms with Crippen LogP contribution >= 0.6 is 23.2 Å². The summed E-state index contributed by atoms with van der Waals surface area (Å²) in [5.74, 6) is 0. The van der Waals surface area contributed by atoms with Gasteiger partial charge in [-0.1, -0.05) is 41.4 Å². The second-order valence-electron chi connectivity index (χ2n) is 3.86. The number of H-pyrrole nitrogens is 1. The number of nitrogens with one attached hydrogen (secondary N) is 1. The lowest BCUT2D eigenvalue weighted by atomic mass is 10.1. The van der Waals surface area contributed by atoms with Crippen molar-refractivity contribution in [3.63, 3.8) is 0 Å². The average Bonchev–Trinajstić information content (AvgIpc) is 2.34. The van der Waals surface area contributed by atoms with Gasteiger partial charge in [-0.05, 0) is 11.6 Å². The molecule has 0 amide bonds. The maximum absolute atomic E-state index is 11.9. The Balaban J connectivity index is 2.55. The second kappa shape index (κ2) is 5.00. The van der Waals surface area contributed by atoms with Crippen molar-refractivity contribution in [2.45, 2.75) is 6.42 Å². The molecule has 1 aromatic carbocycles. The zero-order valence-corrected chi connectivity index (χ0v) is 11.0. The van der Waals surface area contributed by atoms with Gasteiger partial charge >= 0.3 is 5.69 Å². The van der Waals surface area contributed by atoms with Gasteiger partial charge in [-0.25, -0.2) is 4.79 Å². The molecular weight excluding hydrogens is 275 g/mol. The summed E-state index contributed by atoms with van der Waals surface area (Å²) in [4.78, 5) is 25.7. The van der Waals surface area contributed by atoms with E-state index in [9.17, 15) is 9.59 Å². The van der Waals surface area contributed by atoms with E-state index in [0.29, 0.717) is 10.6 Å². The van der Waals surface area contributed by atoms with Crippen LogP contribution < -0.4 is 11.2 Å². The zero-order valence-electron chi connectivity index (χ0n) is 9.54. The van der Waals surface area contributed by atoms with Crippen LogP contribution in [0, 0.1) is 0 Å². The molecule has 0 atom stereocenters. The molecule has 0 unspecified atom stereocenters.